The van der Waals surface area contributed by atoms with Gasteiger partial charge in [-0.25, -0.2) is 0 Å². The summed E-state index contributed by atoms with van der Waals surface area (Å²) in [6, 6.07) is 68.5. The zero-order valence-corrected chi connectivity index (χ0v) is 33.8. The third-order valence-corrected chi connectivity index (χ3v) is 13.7. The smallest absolute Gasteiger partial charge is 0.0582 e. The Balaban J connectivity index is 0.948. The Morgan fingerprint density at radius 2 is 1.02 bits per heavy atom. The van der Waals surface area contributed by atoms with E-state index in [1.807, 2.05) is 0 Å². The second-order valence-corrected chi connectivity index (χ2v) is 17.7. The standard InChI is InChI=1S/C57H47N/c1-56(2)49-17-9-8-15-45(49)46-33-22-37(35-52(46)56)21-32-44(41-27-23-39(24-28-41)38-13-6-5-7-14-38)42-29-25-40(26-30-42)43-31-34-53-48(36-43)47-16-12-19-51-55(47)58(53)54-20-11-10-18-50(54)57(51,3)4/h5-20,22-31,33-36,44H,21,32H2,1-4H3. The highest BCUT2D eigenvalue weighted by molar-refractivity contribution is 6.12. The van der Waals surface area contributed by atoms with Gasteiger partial charge in [-0.1, -0.05) is 191 Å². The highest BCUT2D eigenvalue weighted by Crippen LogP contribution is 2.50. The number of para-hydroxylation sites is 2. The Labute approximate surface area is 342 Å². The highest BCUT2D eigenvalue weighted by Gasteiger charge is 2.36. The molecule has 0 radical (unpaired) electrons. The Kier molecular flexibility index (Phi) is 7.82. The molecular formula is C57H47N. The first-order chi connectivity index (χ1) is 28.3. The van der Waals surface area contributed by atoms with Crippen LogP contribution in [0.3, 0.4) is 0 Å². The summed E-state index contributed by atoms with van der Waals surface area (Å²) < 4.78 is 2.50. The maximum atomic E-state index is 2.50. The van der Waals surface area contributed by atoms with Crippen LogP contribution in [-0.4, -0.2) is 4.57 Å². The van der Waals surface area contributed by atoms with E-state index in [1.54, 1.807) is 0 Å². The number of benzene rings is 8. The van der Waals surface area contributed by atoms with Gasteiger partial charge in [0.25, 0.3) is 0 Å². The number of rotatable bonds is 7. The number of fused-ring (bicyclic) bond motifs is 8. The molecule has 2 aliphatic rings. The number of aromatic nitrogens is 1. The lowest BCUT2D eigenvalue weighted by atomic mass is 9.75. The third kappa shape index (κ3) is 5.30. The Bertz CT molecular complexity index is 3030. The van der Waals surface area contributed by atoms with Gasteiger partial charge in [-0.15, -0.1) is 0 Å². The molecule has 1 aromatic heterocycles. The zero-order valence-electron chi connectivity index (χ0n) is 33.8. The van der Waals surface area contributed by atoms with E-state index in [0.29, 0.717) is 0 Å². The van der Waals surface area contributed by atoms with E-state index < -0.39 is 0 Å². The predicted molar refractivity (Wildman–Crippen MR) is 244 cm³/mol. The quantitative estimate of drug-likeness (QED) is 0.153. The van der Waals surface area contributed by atoms with E-state index in [4.69, 9.17) is 0 Å². The van der Waals surface area contributed by atoms with Crippen molar-refractivity contribution in [3.63, 3.8) is 0 Å². The number of hydrogen-bond acceptors (Lipinski definition) is 0. The van der Waals surface area contributed by atoms with Gasteiger partial charge < -0.3 is 4.57 Å². The Hall–Kier alpha value is -6.44. The van der Waals surface area contributed by atoms with Crippen LogP contribution in [0.4, 0.5) is 0 Å². The van der Waals surface area contributed by atoms with Gasteiger partial charge in [0.05, 0.1) is 16.7 Å². The molecule has 0 bridgehead atoms. The fraction of sp³-hybridized carbons (Fsp3) is 0.158. The highest BCUT2D eigenvalue weighted by atomic mass is 15.0. The molecular weight excluding hydrogens is 699 g/mol. The monoisotopic (exact) mass is 745 g/mol. The minimum Gasteiger partial charge on any atom is -0.309 e. The second kappa shape index (κ2) is 13.0. The minimum atomic E-state index is -0.0689. The van der Waals surface area contributed by atoms with E-state index in [9.17, 15) is 0 Å². The van der Waals surface area contributed by atoms with Crippen molar-refractivity contribution in [2.45, 2.75) is 57.3 Å². The maximum Gasteiger partial charge on any atom is 0.0582 e. The molecule has 58 heavy (non-hydrogen) atoms. The maximum absolute atomic E-state index is 2.50. The van der Waals surface area contributed by atoms with E-state index in [1.165, 1.54) is 99.8 Å². The lowest BCUT2D eigenvalue weighted by molar-refractivity contribution is 0.630. The van der Waals surface area contributed by atoms with Crippen LogP contribution < -0.4 is 0 Å². The first-order valence-corrected chi connectivity index (χ1v) is 20.9. The van der Waals surface area contributed by atoms with Crippen LogP contribution in [0.1, 0.15) is 79.0 Å². The molecule has 1 aliphatic carbocycles. The minimum absolute atomic E-state index is 0.00190. The van der Waals surface area contributed by atoms with Crippen LogP contribution in [-0.2, 0) is 17.3 Å². The largest absolute Gasteiger partial charge is 0.309 e. The lowest BCUT2D eigenvalue weighted by Crippen LogP contribution is -2.26. The summed E-state index contributed by atoms with van der Waals surface area (Å²) in [7, 11) is 0. The molecule has 0 N–H and O–H groups in total. The van der Waals surface area contributed by atoms with Crippen LogP contribution >= 0.6 is 0 Å². The first-order valence-electron chi connectivity index (χ1n) is 20.9. The molecule has 0 spiro atoms. The predicted octanol–water partition coefficient (Wildman–Crippen LogP) is 14.8. The molecule has 0 fully saturated rings. The van der Waals surface area contributed by atoms with Gasteiger partial charge >= 0.3 is 0 Å². The summed E-state index contributed by atoms with van der Waals surface area (Å²) >= 11 is 0. The number of hydrogen-bond donors (Lipinski definition) is 0. The summed E-state index contributed by atoms with van der Waals surface area (Å²) in [5.74, 6) is 0.265. The molecule has 1 aliphatic heterocycles. The molecule has 280 valence electrons. The van der Waals surface area contributed by atoms with Crippen LogP contribution in [0.25, 0.3) is 60.9 Å². The summed E-state index contributed by atoms with van der Waals surface area (Å²) in [4.78, 5) is 0. The molecule has 1 heteroatoms. The van der Waals surface area contributed by atoms with Gasteiger partial charge in [-0.3, -0.25) is 0 Å². The molecule has 11 rings (SSSR count). The number of aryl methyl sites for hydroxylation is 1. The van der Waals surface area contributed by atoms with Gasteiger partial charge in [-0.2, -0.15) is 0 Å². The van der Waals surface area contributed by atoms with Crippen molar-refractivity contribution < 1.29 is 0 Å². The molecule has 0 amide bonds. The molecule has 0 saturated carbocycles. The Morgan fingerprint density at radius 3 is 1.78 bits per heavy atom. The molecule has 1 nitrogen and oxygen atoms in total. The summed E-state index contributed by atoms with van der Waals surface area (Å²) in [6.07, 6.45) is 2.04. The molecule has 8 aromatic carbocycles. The van der Waals surface area contributed by atoms with E-state index in [2.05, 4.69) is 214 Å². The lowest BCUT2D eigenvalue weighted by Gasteiger charge is -2.34. The van der Waals surface area contributed by atoms with Crippen molar-refractivity contribution >= 4 is 21.8 Å². The zero-order chi connectivity index (χ0) is 39.2. The van der Waals surface area contributed by atoms with Crippen LogP contribution in [0.15, 0.2) is 182 Å². The van der Waals surface area contributed by atoms with Gasteiger partial charge in [0.2, 0.25) is 0 Å². The van der Waals surface area contributed by atoms with E-state index in [-0.39, 0.29) is 16.7 Å². The second-order valence-electron chi connectivity index (χ2n) is 17.7. The van der Waals surface area contributed by atoms with Crippen LogP contribution in [0.5, 0.6) is 0 Å². The van der Waals surface area contributed by atoms with Crippen LogP contribution in [0, 0.1) is 0 Å². The summed E-state index contributed by atoms with van der Waals surface area (Å²) in [5.41, 5.74) is 21.4. The van der Waals surface area contributed by atoms with Crippen molar-refractivity contribution in [1.82, 2.24) is 4.57 Å². The van der Waals surface area contributed by atoms with Gasteiger partial charge in [0, 0.05) is 27.5 Å². The van der Waals surface area contributed by atoms with E-state index >= 15 is 0 Å². The fourth-order valence-corrected chi connectivity index (χ4v) is 10.5. The van der Waals surface area contributed by atoms with Crippen molar-refractivity contribution in [2.75, 3.05) is 0 Å². The van der Waals surface area contributed by atoms with Gasteiger partial charge in [0.1, 0.15) is 0 Å². The third-order valence-electron chi connectivity index (χ3n) is 13.7. The topological polar surface area (TPSA) is 4.93 Å². The van der Waals surface area contributed by atoms with Crippen molar-refractivity contribution in [2.24, 2.45) is 0 Å². The summed E-state index contributed by atoms with van der Waals surface area (Å²) in [5, 5.41) is 2.63. The first kappa shape index (κ1) is 34.8. The molecule has 1 unspecified atom stereocenters. The van der Waals surface area contributed by atoms with Crippen molar-refractivity contribution in [1.29, 1.82) is 0 Å². The molecule has 1 atom stereocenters. The van der Waals surface area contributed by atoms with Crippen LogP contribution in [0.2, 0.25) is 0 Å². The average molecular weight is 746 g/mol. The van der Waals surface area contributed by atoms with Gasteiger partial charge in [0.15, 0.2) is 0 Å². The Morgan fingerprint density at radius 1 is 0.431 bits per heavy atom. The van der Waals surface area contributed by atoms with E-state index in [0.717, 1.165) is 12.8 Å². The fourth-order valence-electron chi connectivity index (χ4n) is 10.5. The van der Waals surface area contributed by atoms with Crippen molar-refractivity contribution in [3.05, 3.63) is 221 Å². The molecule has 9 aromatic rings. The molecule has 0 saturated heterocycles. The normalized spacial score (nSPS) is 14.9. The average Bonchev–Trinajstić information content (AvgIpc) is 3.72. The number of nitrogens with zero attached hydrogens (tertiary/aromatic N) is 1. The summed E-state index contributed by atoms with van der Waals surface area (Å²) in [6.45, 7) is 9.49. The van der Waals surface area contributed by atoms with Crippen molar-refractivity contribution in [3.8, 4) is 39.1 Å². The van der Waals surface area contributed by atoms with Gasteiger partial charge in [-0.05, 0) is 103 Å². The SMILES string of the molecule is CC1(C)c2ccccc2-c2ccc(CCC(c3ccc(-c4ccccc4)cc3)c3ccc(-c4ccc5c(c4)c4cccc6c4n5-c4ccccc4C6(C)C)cc3)cc21. The molecule has 2 heterocycles.